The highest BCUT2D eigenvalue weighted by Gasteiger charge is 2.24. The highest BCUT2D eigenvalue weighted by Crippen LogP contribution is 2.34. The SMILES string of the molecule is S=c1nc(C2CSC2)[nH]c2c1CSC2. The topological polar surface area (TPSA) is 28.7 Å². The first-order chi connectivity index (χ1) is 6.84. The molecule has 0 aliphatic carbocycles. The van der Waals surface area contributed by atoms with Crippen molar-refractivity contribution in [2.45, 2.75) is 17.4 Å². The molecule has 1 saturated heterocycles. The first-order valence-corrected chi connectivity index (χ1v) is 7.34. The highest BCUT2D eigenvalue weighted by atomic mass is 32.2. The number of thioether (sulfide) groups is 2. The van der Waals surface area contributed by atoms with Crippen LogP contribution in [-0.4, -0.2) is 21.5 Å². The molecular formula is C9H10N2S3. The van der Waals surface area contributed by atoms with E-state index in [2.05, 4.69) is 9.97 Å². The van der Waals surface area contributed by atoms with E-state index in [4.69, 9.17) is 12.2 Å². The van der Waals surface area contributed by atoms with Gasteiger partial charge in [0.05, 0.1) is 0 Å². The second-order valence-electron chi connectivity index (χ2n) is 3.61. The third-order valence-corrected chi connectivity index (χ3v) is 5.24. The molecule has 0 radical (unpaired) electrons. The minimum absolute atomic E-state index is 0.623. The number of hydrogen-bond donors (Lipinski definition) is 1. The molecule has 3 heterocycles. The van der Waals surface area contributed by atoms with Crippen LogP contribution in [0.2, 0.25) is 0 Å². The number of aromatic nitrogens is 2. The molecule has 5 heteroatoms. The van der Waals surface area contributed by atoms with Crippen LogP contribution in [0, 0.1) is 4.64 Å². The van der Waals surface area contributed by atoms with Crippen LogP contribution in [0.4, 0.5) is 0 Å². The van der Waals surface area contributed by atoms with Gasteiger partial charge < -0.3 is 4.98 Å². The zero-order valence-corrected chi connectivity index (χ0v) is 10.0. The van der Waals surface area contributed by atoms with Crippen molar-refractivity contribution in [3.8, 4) is 0 Å². The predicted molar refractivity (Wildman–Crippen MR) is 64.5 cm³/mol. The van der Waals surface area contributed by atoms with E-state index < -0.39 is 0 Å². The molecule has 1 aromatic rings. The first kappa shape index (κ1) is 9.24. The molecule has 0 spiro atoms. The van der Waals surface area contributed by atoms with E-state index in [1.54, 1.807) is 0 Å². The Hall–Kier alpha value is -0.000000000000000111. The summed E-state index contributed by atoms with van der Waals surface area (Å²) in [5.74, 6) is 6.26. The van der Waals surface area contributed by atoms with Gasteiger partial charge in [-0.1, -0.05) is 12.2 Å². The molecule has 1 aromatic heterocycles. The van der Waals surface area contributed by atoms with Gasteiger partial charge in [-0.05, 0) is 0 Å². The van der Waals surface area contributed by atoms with E-state index in [-0.39, 0.29) is 0 Å². The lowest BCUT2D eigenvalue weighted by Gasteiger charge is -2.24. The fourth-order valence-corrected chi connectivity index (χ4v) is 3.92. The summed E-state index contributed by atoms with van der Waals surface area (Å²) < 4.78 is 0.829. The molecule has 0 atom stereocenters. The van der Waals surface area contributed by atoms with Gasteiger partial charge in [-0.25, -0.2) is 4.98 Å². The summed E-state index contributed by atoms with van der Waals surface area (Å²) >= 11 is 9.21. The standard InChI is InChI=1S/C9H10N2S3/c12-9-6-3-14-4-7(6)10-8(11-9)5-1-13-2-5/h5H,1-4H2,(H,10,11,12). The molecule has 1 N–H and O–H groups in total. The molecule has 0 unspecified atom stereocenters. The Morgan fingerprint density at radius 3 is 2.86 bits per heavy atom. The van der Waals surface area contributed by atoms with E-state index >= 15 is 0 Å². The Kier molecular flexibility index (Phi) is 2.34. The van der Waals surface area contributed by atoms with E-state index in [9.17, 15) is 0 Å². The average molecular weight is 242 g/mol. The number of H-pyrrole nitrogens is 1. The summed E-state index contributed by atoms with van der Waals surface area (Å²) in [5, 5.41) is 0. The van der Waals surface area contributed by atoms with E-state index in [0.717, 1.165) is 22.0 Å². The second kappa shape index (κ2) is 3.54. The molecule has 0 amide bonds. The molecule has 2 aliphatic rings. The van der Waals surface area contributed by atoms with Crippen LogP contribution in [0.1, 0.15) is 23.0 Å². The van der Waals surface area contributed by atoms with E-state index in [1.807, 2.05) is 23.5 Å². The number of nitrogens with one attached hydrogen (secondary N) is 1. The average Bonchev–Trinajstić information content (AvgIpc) is 2.48. The lowest BCUT2D eigenvalue weighted by molar-refractivity contribution is 0.749. The van der Waals surface area contributed by atoms with Crippen LogP contribution < -0.4 is 0 Å². The highest BCUT2D eigenvalue weighted by molar-refractivity contribution is 8.00. The molecule has 1 fully saturated rings. The van der Waals surface area contributed by atoms with Crippen LogP contribution in [-0.2, 0) is 11.5 Å². The van der Waals surface area contributed by atoms with Crippen molar-refractivity contribution >= 4 is 35.7 Å². The lowest BCUT2D eigenvalue weighted by Crippen LogP contribution is -2.19. The molecule has 0 saturated carbocycles. The van der Waals surface area contributed by atoms with Crippen LogP contribution in [0.5, 0.6) is 0 Å². The molecular weight excluding hydrogens is 232 g/mol. The molecule has 14 heavy (non-hydrogen) atoms. The van der Waals surface area contributed by atoms with Crippen molar-refractivity contribution in [3.05, 3.63) is 21.7 Å². The lowest BCUT2D eigenvalue weighted by atomic mass is 10.1. The molecule has 2 nitrogen and oxygen atoms in total. The van der Waals surface area contributed by atoms with Crippen molar-refractivity contribution < 1.29 is 0 Å². The van der Waals surface area contributed by atoms with Gasteiger partial charge in [0, 0.05) is 40.2 Å². The number of hydrogen-bond acceptors (Lipinski definition) is 4. The fourth-order valence-electron chi connectivity index (χ4n) is 1.68. The normalized spacial score (nSPS) is 20.6. The molecule has 2 aliphatic heterocycles. The maximum atomic E-state index is 5.31. The van der Waals surface area contributed by atoms with Crippen molar-refractivity contribution in [1.29, 1.82) is 0 Å². The van der Waals surface area contributed by atoms with Crippen molar-refractivity contribution in [2.75, 3.05) is 11.5 Å². The second-order valence-corrected chi connectivity index (χ2v) is 6.06. The van der Waals surface area contributed by atoms with Crippen molar-refractivity contribution in [2.24, 2.45) is 0 Å². The number of fused-ring (bicyclic) bond motifs is 1. The maximum Gasteiger partial charge on any atom is 0.134 e. The molecule has 74 valence electrons. The van der Waals surface area contributed by atoms with Gasteiger partial charge in [0.25, 0.3) is 0 Å². The van der Waals surface area contributed by atoms with Gasteiger partial charge in [-0.15, -0.1) is 0 Å². The van der Waals surface area contributed by atoms with Crippen molar-refractivity contribution in [1.82, 2.24) is 9.97 Å². The Balaban J connectivity index is 2.07. The largest absolute Gasteiger partial charge is 0.346 e. The summed E-state index contributed by atoms with van der Waals surface area (Å²) in [6.45, 7) is 0. The van der Waals surface area contributed by atoms with Gasteiger partial charge in [-0.2, -0.15) is 23.5 Å². The van der Waals surface area contributed by atoms with Crippen molar-refractivity contribution in [3.63, 3.8) is 0 Å². The Bertz CT molecular complexity index is 423. The Labute approximate surface area is 96.3 Å². The van der Waals surface area contributed by atoms with E-state index in [1.165, 1.54) is 22.8 Å². The van der Waals surface area contributed by atoms with Gasteiger partial charge in [-0.3, -0.25) is 0 Å². The van der Waals surface area contributed by atoms with Gasteiger partial charge in [0.15, 0.2) is 0 Å². The van der Waals surface area contributed by atoms with Gasteiger partial charge in [0.1, 0.15) is 10.5 Å². The number of rotatable bonds is 1. The quantitative estimate of drug-likeness (QED) is 0.767. The van der Waals surface area contributed by atoms with Crippen LogP contribution in [0.15, 0.2) is 0 Å². The Morgan fingerprint density at radius 1 is 1.29 bits per heavy atom. The van der Waals surface area contributed by atoms with Crippen LogP contribution >= 0.6 is 35.7 Å². The van der Waals surface area contributed by atoms with Crippen LogP contribution in [0.3, 0.4) is 0 Å². The summed E-state index contributed by atoms with van der Waals surface area (Å²) in [5.41, 5.74) is 2.59. The third-order valence-electron chi connectivity index (χ3n) is 2.64. The minimum atomic E-state index is 0.623. The summed E-state index contributed by atoms with van der Waals surface area (Å²) in [6, 6.07) is 0. The Morgan fingerprint density at radius 2 is 2.14 bits per heavy atom. The molecule has 0 bridgehead atoms. The zero-order valence-electron chi connectivity index (χ0n) is 7.58. The maximum absolute atomic E-state index is 5.31. The monoisotopic (exact) mass is 242 g/mol. The summed E-state index contributed by atoms with van der Waals surface area (Å²) in [7, 11) is 0. The van der Waals surface area contributed by atoms with E-state index in [0.29, 0.717) is 5.92 Å². The number of nitrogens with zero attached hydrogens (tertiary/aromatic N) is 1. The first-order valence-electron chi connectivity index (χ1n) is 4.62. The summed E-state index contributed by atoms with van der Waals surface area (Å²) in [4.78, 5) is 7.96. The van der Waals surface area contributed by atoms with Crippen LogP contribution in [0.25, 0.3) is 0 Å². The van der Waals surface area contributed by atoms with Gasteiger partial charge in [0.2, 0.25) is 0 Å². The van der Waals surface area contributed by atoms with Gasteiger partial charge >= 0.3 is 0 Å². The molecule has 0 aromatic carbocycles. The smallest absolute Gasteiger partial charge is 0.134 e. The third kappa shape index (κ3) is 1.42. The molecule has 3 rings (SSSR count). The number of aromatic amines is 1. The fraction of sp³-hybridized carbons (Fsp3) is 0.556. The predicted octanol–water partition coefficient (Wildman–Crippen LogP) is 2.72. The summed E-state index contributed by atoms with van der Waals surface area (Å²) in [6.07, 6.45) is 0. The zero-order chi connectivity index (χ0) is 9.54. The minimum Gasteiger partial charge on any atom is -0.346 e.